The molecule has 20 heavy (non-hydrogen) atoms. The molecule has 2 heteroatoms. The third-order valence-corrected chi connectivity index (χ3v) is 7.39. The maximum absolute atomic E-state index is 12.3. The van der Waals surface area contributed by atoms with Gasteiger partial charge in [-0.1, -0.05) is 20.8 Å². The minimum absolute atomic E-state index is 0.106. The molecule has 0 spiro atoms. The molecule has 0 heterocycles. The van der Waals surface area contributed by atoms with Crippen LogP contribution in [-0.2, 0) is 9.53 Å². The normalized spacial score (nSPS) is 46.9. The van der Waals surface area contributed by atoms with Crippen molar-refractivity contribution in [1.29, 1.82) is 0 Å². The molecule has 0 N–H and O–H groups in total. The summed E-state index contributed by atoms with van der Waals surface area (Å²) >= 11 is 0. The van der Waals surface area contributed by atoms with Crippen molar-refractivity contribution in [1.82, 2.24) is 0 Å². The highest BCUT2D eigenvalue weighted by Gasteiger charge is 2.63. The first-order chi connectivity index (χ1) is 9.41. The van der Waals surface area contributed by atoms with E-state index in [0.717, 1.165) is 18.8 Å². The molecule has 0 aliphatic heterocycles. The van der Waals surface area contributed by atoms with Crippen molar-refractivity contribution in [2.45, 2.75) is 72.3 Å². The van der Waals surface area contributed by atoms with Gasteiger partial charge in [-0.2, -0.15) is 0 Å². The van der Waals surface area contributed by atoms with Crippen LogP contribution in [0, 0.1) is 28.6 Å². The average molecular weight is 278 g/mol. The van der Waals surface area contributed by atoms with E-state index in [9.17, 15) is 4.79 Å². The predicted octanol–water partition coefficient (Wildman–Crippen LogP) is 4.22. The van der Waals surface area contributed by atoms with Crippen LogP contribution in [0.25, 0.3) is 0 Å². The summed E-state index contributed by atoms with van der Waals surface area (Å²) in [5.74, 6) is 2.40. The Bertz CT molecular complexity index is 400. The summed E-state index contributed by atoms with van der Waals surface area (Å²) in [7, 11) is 0. The first-order valence-corrected chi connectivity index (χ1v) is 8.56. The zero-order valence-corrected chi connectivity index (χ0v) is 13.6. The van der Waals surface area contributed by atoms with Gasteiger partial charge >= 0.3 is 0 Å². The summed E-state index contributed by atoms with van der Waals surface area (Å²) in [6.45, 7) is 10.1. The van der Waals surface area contributed by atoms with Gasteiger partial charge in [0.05, 0.1) is 0 Å². The van der Waals surface area contributed by atoms with E-state index in [4.69, 9.17) is 4.74 Å². The minimum atomic E-state index is -0.106. The lowest BCUT2D eigenvalue weighted by molar-refractivity contribution is -0.142. The van der Waals surface area contributed by atoms with Crippen molar-refractivity contribution in [2.24, 2.45) is 28.6 Å². The van der Waals surface area contributed by atoms with Crippen LogP contribution in [0.4, 0.5) is 0 Å². The fraction of sp³-hybridized carbons (Fsp3) is 0.944. The lowest BCUT2D eigenvalue weighted by atomic mass is 9.60. The molecule has 3 saturated carbocycles. The van der Waals surface area contributed by atoms with Crippen LogP contribution >= 0.6 is 0 Å². The Morgan fingerprint density at radius 3 is 2.55 bits per heavy atom. The third kappa shape index (κ3) is 1.83. The predicted molar refractivity (Wildman–Crippen MR) is 80.5 cm³/mol. The van der Waals surface area contributed by atoms with E-state index < -0.39 is 0 Å². The van der Waals surface area contributed by atoms with E-state index in [2.05, 4.69) is 20.8 Å². The van der Waals surface area contributed by atoms with Crippen LogP contribution in [0.3, 0.4) is 0 Å². The van der Waals surface area contributed by atoms with Crippen LogP contribution in [-0.4, -0.2) is 18.5 Å². The second kappa shape index (κ2) is 4.83. The highest BCUT2D eigenvalue weighted by molar-refractivity contribution is 5.84. The maximum Gasteiger partial charge on any atom is 0.161 e. The van der Waals surface area contributed by atoms with Crippen LogP contribution < -0.4 is 0 Å². The molecule has 0 aromatic rings. The van der Waals surface area contributed by atoms with Gasteiger partial charge in [-0.15, -0.1) is 0 Å². The summed E-state index contributed by atoms with van der Waals surface area (Å²) in [6.07, 6.45) is 6.96. The number of carbonyl (C=O) groups is 1. The van der Waals surface area contributed by atoms with Crippen LogP contribution in [0.15, 0.2) is 0 Å². The molecule has 5 atom stereocenters. The van der Waals surface area contributed by atoms with Crippen molar-refractivity contribution in [3.8, 4) is 0 Å². The van der Waals surface area contributed by atoms with Gasteiger partial charge in [-0.05, 0) is 67.6 Å². The first kappa shape index (κ1) is 14.6. The van der Waals surface area contributed by atoms with Gasteiger partial charge < -0.3 is 4.74 Å². The summed E-state index contributed by atoms with van der Waals surface area (Å²) < 4.78 is 5.89. The highest BCUT2D eigenvalue weighted by Crippen LogP contribution is 2.70. The zero-order chi connectivity index (χ0) is 14.5. The van der Waals surface area contributed by atoms with E-state index >= 15 is 0 Å². The summed E-state index contributed by atoms with van der Waals surface area (Å²) in [6, 6.07) is 0. The number of ether oxygens (including phenoxy) is 1. The van der Waals surface area contributed by atoms with Gasteiger partial charge in [0.15, 0.2) is 5.78 Å². The van der Waals surface area contributed by atoms with Crippen molar-refractivity contribution in [3.05, 3.63) is 0 Å². The quantitative estimate of drug-likeness (QED) is 0.772. The monoisotopic (exact) mass is 278 g/mol. The molecule has 0 saturated heterocycles. The SMILES string of the molecule is CCOC1C(=O)CCCC1[C@H]1C[C@@H]2CC[C@@]1(C)C2(C)C. The second-order valence-electron chi connectivity index (χ2n) is 8.12. The highest BCUT2D eigenvalue weighted by atomic mass is 16.5. The smallest absolute Gasteiger partial charge is 0.161 e. The fourth-order valence-electron chi connectivity index (χ4n) is 5.77. The summed E-state index contributed by atoms with van der Waals surface area (Å²) in [5.41, 5.74) is 0.851. The molecule has 2 unspecified atom stereocenters. The standard InChI is InChI=1S/C18H30O2/c1-5-20-16-13(7-6-8-15(16)19)14-11-12-9-10-18(14,4)17(12,2)3/h12-14,16H,5-11H2,1-4H3/t12-,13?,14+,16?,18+/m0/s1. The maximum atomic E-state index is 12.3. The topological polar surface area (TPSA) is 26.3 Å². The second-order valence-corrected chi connectivity index (χ2v) is 8.12. The molecule has 0 radical (unpaired) electrons. The Labute approximate surface area is 123 Å². The fourth-order valence-corrected chi connectivity index (χ4v) is 5.77. The largest absolute Gasteiger partial charge is 0.370 e. The lowest BCUT2D eigenvalue weighted by Gasteiger charge is -2.45. The van der Waals surface area contributed by atoms with Crippen molar-refractivity contribution in [3.63, 3.8) is 0 Å². The number of ketones is 1. The van der Waals surface area contributed by atoms with Crippen molar-refractivity contribution < 1.29 is 9.53 Å². The van der Waals surface area contributed by atoms with Crippen LogP contribution in [0.2, 0.25) is 0 Å². The van der Waals surface area contributed by atoms with Crippen molar-refractivity contribution >= 4 is 5.78 Å². The molecule has 3 fully saturated rings. The van der Waals surface area contributed by atoms with E-state index in [1.54, 1.807) is 0 Å². The molecule has 3 rings (SSSR count). The Hall–Kier alpha value is -0.370. The molecule has 3 aliphatic carbocycles. The molecule has 0 amide bonds. The first-order valence-electron chi connectivity index (χ1n) is 8.56. The number of hydrogen-bond acceptors (Lipinski definition) is 2. The number of carbonyl (C=O) groups excluding carboxylic acids is 1. The van der Waals surface area contributed by atoms with Gasteiger partial charge in [-0.25, -0.2) is 0 Å². The van der Waals surface area contributed by atoms with E-state index in [1.165, 1.54) is 25.7 Å². The molecule has 3 aliphatic rings. The average Bonchev–Trinajstić information content (AvgIpc) is 2.74. The van der Waals surface area contributed by atoms with Gasteiger partial charge in [0, 0.05) is 13.0 Å². The van der Waals surface area contributed by atoms with E-state index in [0.29, 0.717) is 35.1 Å². The number of Topliss-reactive ketones (excluding diaryl/α,β-unsaturated/α-hetero) is 1. The molecular formula is C18H30O2. The van der Waals surface area contributed by atoms with Gasteiger partial charge in [0.2, 0.25) is 0 Å². The van der Waals surface area contributed by atoms with Gasteiger partial charge in [-0.3, -0.25) is 4.79 Å². The number of hydrogen-bond donors (Lipinski definition) is 0. The number of fused-ring (bicyclic) bond motifs is 2. The van der Waals surface area contributed by atoms with Gasteiger partial charge in [0.1, 0.15) is 6.10 Å². The third-order valence-electron chi connectivity index (χ3n) is 7.39. The number of rotatable bonds is 3. The Morgan fingerprint density at radius 1 is 1.25 bits per heavy atom. The Morgan fingerprint density at radius 2 is 2.00 bits per heavy atom. The van der Waals surface area contributed by atoms with E-state index in [1.807, 2.05) is 6.92 Å². The van der Waals surface area contributed by atoms with Crippen LogP contribution in [0.5, 0.6) is 0 Å². The lowest BCUT2D eigenvalue weighted by Crippen LogP contribution is -2.45. The molecular weight excluding hydrogens is 248 g/mol. The summed E-state index contributed by atoms with van der Waals surface area (Å²) in [4.78, 5) is 12.3. The zero-order valence-electron chi connectivity index (χ0n) is 13.6. The summed E-state index contributed by atoms with van der Waals surface area (Å²) in [5, 5.41) is 0. The molecule has 0 aromatic carbocycles. The Balaban J connectivity index is 1.87. The van der Waals surface area contributed by atoms with E-state index in [-0.39, 0.29) is 6.10 Å². The minimum Gasteiger partial charge on any atom is -0.370 e. The van der Waals surface area contributed by atoms with Gasteiger partial charge in [0.25, 0.3) is 0 Å². The molecule has 2 nitrogen and oxygen atoms in total. The molecule has 2 bridgehead atoms. The molecule has 114 valence electrons. The van der Waals surface area contributed by atoms with Crippen LogP contribution in [0.1, 0.15) is 66.2 Å². The van der Waals surface area contributed by atoms with Crippen molar-refractivity contribution in [2.75, 3.05) is 6.61 Å². The molecule has 0 aromatic heterocycles. The Kier molecular flexibility index (Phi) is 3.52.